The highest BCUT2D eigenvalue weighted by molar-refractivity contribution is 6.27. The third kappa shape index (κ3) is 3.20. The molecule has 94 valence electrons. The van der Waals surface area contributed by atoms with Crippen LogP contribution in [0.4, 0.5) is 0 Å². The Morgan fingerprint density at radius 3 is 2.65 bits per heavy atom. The minimum absolute atomic E-state index is 0.0349. The van der Waals surface area contributed by atoms with Crippen LogP contribution in [0.5, 0.6) is 0 Å². The van der Waals surface area contributed by atoms with Crippen LogP contribution >= 0.6 is 11.6 Å². The number of hydrogen-bond acceptors (Lipinski definition) is 3. The molecule has 2 rings (SSSR count). The number of amides is 1. The van der Waals surface area contributed by atoms with Crippen LogP contribution in [0.1, 0.15) is 5.56 Å². The molecule has 17 heavy (non-hydrogen) atoms. The second kappa shape index (κ2) is 5.51. The third-order valence-corrected chi connectivity index (χ3v) is 3.23. The predicted molar refractivity (Wildman–Crippen MR) is 65.8 cm³/mol. The summed E-state index contributed by atoms with van der Waals surface area (Å²) in [6, 6.07) is 0. The van der Waals surface area contributed by atoms with Crippen molar-refractivity contribution in [1.29, 1.82) is 0 Å². The Labute approximate surface area is 106 Å². The van der Waals surface area contributed by atoms with Gasteiger partial charge >= 0.3 is 0 Å². The van der Waals surface area contributed by atoms with Gasteiger partial charge in [0, 0.05) is 51.5 Å². The first kappa shape index (κ1) is 12.4. The molecule has 0 unspecified atom stereocenters. The van der Waals surface area contributed by atoms with E-state index < -0.39 is 0 Å². The molecule has 0 atom stereocenters. The van der Waals surface area contributed by atoms with Gasteiger partial charge in [-0.15, -0.1) is 11.6 Å². The number of aromatic nitrogens is 2. The Morgan fingerprint density at radius 2 is 2.12 bits per heavy atom. The van der Waals surface area contributed by atoms with E-state index in [0.717, 1.165) is 32.7 Å². The maximum atomic E-state index is 11.4. The van der Waals surface area contributed by atoms with Crippen molar-refractivity contribution in [2.24, 2.45) is 7.05 Å². The second-order valence-electron chi connectivity index (χ2n) is 4.31. The first-order chi connectivity index (χ1) is 8.19. The summed E-state index contributed by atoms with van der Waals surface area (Å²) >= 11 is 5.54. The molecular weight excluding hydrogens is 240 g/mol. The smallest absolute Gasteiger partial charge is 0.237 e. The number of nitrogens with zero attached hydrogens (tertiary/aromatic N) is 4. The van der Waals surface area contributed by atoms with Gasteiger partial charge in [0.1, 0.15) is 5.88 Å². The number of halogens is 1. The van der Waals surface area contributed by atoms with Gasteiger partial charge in [-0.2, -0.15) is 5.10 Å². The van der Waals surface area contributed by atoms with Gasteiger partial charge in [0.25, 0.3) is 0 Å². The summed E-state index contributed by atoms with van der Waals surface area (Å²) in [5.74, 6) is 0.121. The average Bonchev–Trinajstić information content (AvgIpc) is 2.75. The summed E-state index contributed by atoms with van der Waals surface area (Å²) in [7, 11) is 1.92. The van der Waals surface area contributed by atoms with Crippen LogP contribution in [0, 0.1) is 0 Å². The topological polar surface area (TPSA) is 41.4 Å². The van der Waals surface area contributed by atoms with Crippen molar-refractivity contribution in [2.45, 2.75) is 6.54 Å². The molecular formula is C11H17ClN4O. The van der Waals surface area contributed by atoms with Gasteiger partial charge in [0.15, 0.2) is 0 Å². The van der Waals surface area contributed by atoms with E-state index in [0.29, 0.717) is 0 Å². The number of carbonyl (C=O) groups excluding carboxylic acids is 1. The lowest BCUT2D eigenvalue weighted by Gasteiger charge is -2.34. The quantitative estimate of drug-likeness (QED) is 0.731. The molecule has 0 bridgehead atoms. The molecule has 0 aromatic carbocycles. The summed E-state index contributed by atoms with van der Waals surface area (Å²) < 4.78 is 1.81. The number of alkyl halides is 1. The van der Waals surface area contributed by atoms with Crippen molar-refractivity contribution in [2.75, 3.05) is 32.1 Å². The van der Waals surface area contributed by atoms with E-state index in [1.54, 1.807) is 0 Å². The molecule has 1 amide bonds. The lowest BCUT2D eigenvalue weighted by atomic mass is 10.2. The van der Waals surface area contributed by atoms with Crippen molar-refractivity contribution in [3.8, 4) is 0 Å². The number of piperazine rings is 1. The van der Waals surface area contributed by atoms with E-state index in [9.17, 15) is 4.79 Å². The number of rotatable bonds is 3. The van der Waals surface area contributed by atoms with E-state index in [2.05, 4.69) is 10.00 Å². The lowest BCUT2D eigenvalue weighted by molar-refractivity contribution is -0.130. The highest BCUT2D eigenvalue weighted by Crippen LogP contribution is 2.08. The molecule has 0 radical (unpaired) electrons. The largest absolute Gasteiger partial charge is 0.339 e. The monoisotopic (exact) mass is 256 g/mol. The average molecular weight is 257 g/mol. The highest BCUT2D eigenvalue weighted by atomic mass is 35.5. The SMILES string of the molecule is Cn1cc(CN2CCN(C(=O)CCl)CC2)cn1. The molecule has 5 nitrogen and oxygen atoms in total. The van der Waals surface area contributed by atoms with Crippen LogP contribution in [0.25, 0.3) is 0 Å². The van der Waals surface area contributed by atoms with Crippen LogP contribution in [-0.4, -0.2) is 57.5 Å². The van der Waals surface area contributed by atoms with Crippen molar-refractivity contribution in [3.05, 3.63) is 18.0 Å². The molecule has 0 saturated carbocycles. The Balaban J connectivity index is 1.81. The normalized spacial score (nSPS) is 17.4. The summed E-state index contributed by atoms with van der Waals surface area (Å²) in [6.45, 7) is 4.24. The Kier molecular flexibility index (Phi) is 4.02. The standard InChI is InChI=1S/C11H17ClN4O/c1-14-8-10(7-13-14)9-15-2-4-16(5-3-15)11(17)6-12/h7-8H,2-6,9H2,1H3. The molecule has 1 fully saturated rings. The Morgan fingerprint density at radius 1 is 1.41 bits per heavy atom. The third-order valence-electron chi connectivity index (χ3n) is 3.00. The van der Waals surface area contributed by atoms with Crippen molar-refractivity contribution in [3.63, 3.8) is 0 Å². The Hall–Kier alpha value is -1.07. The van der Waals surface area contributed by atoms with Crippen LogP contribution in [0.3, 0.4) is 0 Å². The minimum atomic E-state index is 0.0349. The van der Waals surface area contributed by atoms with Crippen molar-refractivity contribution >= 4 is 17.5 Å². The number of hydrogen-bond donors (Lipinski definition) is 0. The molecule has 1 aliphatic rings. The molecule has 2 heterocycles. The molecule has 6 heteroatoms. The first-order valence-electron chi connectivity index (χ1n) is 5.72. The van der Waals surface area contributed by atoms with Gasteiger partial charge in [-0.1, -0.05) is 0 Å². The number of aryl methyl sites for hydroxylation is 1. The van der Waals surface area contributed by atoms with Crippen LogP contribution < -0.4 is 0 Å². The zero-order valence-corrected chi connectivity index (χ0v) is 10.7. The van der Waals surface area contributed by atoms with E-state index in [1.807, 2.05) is 29.0 Å². The molecule has 1 aliphatic heterocycles. The predicted octanol–water partition coefficient (Wildman–Crippen LogP) is 0.303. The zero-order valence-electron chi connectivity index (χ0n) is 9.97. The maximum Gasteiger partial charge on any atom is 0.237 e. The lowest BCUT2D eigenvalue weighted by Crippen LogP contribution is -2.48. The van der Waals surface area contributed by atoms with Gasteiger partial charge in [-0.3, -0.25) is 14.4 Å². The van der Waals surface area contributed by atoms with E-state index in [1.165, 1.54) is 5.56 Å². The summed E-state index contributed by atoms with van der Waals surface area (Å²) in [4.78, 5) is 15.6. The van der Waals surface area contributed by atoms with E-state index >= 15 is 0 Å². The molecule has 1 aromatic rings. The fourth-order valence-electron chi connectivity index (χ4n) is 2.05. The first-order valence-corrected chi connectivity index (χ1v) is 6.26. The minimum Gasteiger partial charge on any atom is -0.339 e. The molecule has 1 aromatic heterocycles. The van der Waals surface area contributed by atoms with Crippen LogP contribution in [0.15, 0.2) is 12.4 Å². The van der Waals surface area contributed by atoms with E-state index in [4.69, 9.17) is 11.6 Å². The van der Waals surface area contributed by atoms with Gasteiger partial charge in [-0.05, 0) is 0 Å². The second-order valence-corrected chi connectivity index (χ2v) is 4.58. The summed E-state index contributed by atoms with van der Waals surface area (Å²) in [5.41, 5.74) is 1.21. The van der Waals surface area contributed by atoms with Crippen LogP contribution in [-0.2, 0) is 18.4 Å². The molecule has 1 saturated heterocycles. The fraction of sp³-hybridized carbons (Fsp3) is 0.636. The fourth-order valence-corrected chi connectivity index (χ4v) is 2.22. The van der Waals surface area contributed by atoms with Gasteiger partial charge in [0.05, 0.1) is 6.20 Å². The molecule has 0 spiro atoms. The number of carbonyl (C=O) groups is 1. The van der Waals surface area contributed by atoms with Gasteiger partial charge < -0.3 is 4.90 Å². The van der Waals surface area contributed by atoms with Crippen molar-refractivity contribution in [1.82, 2.24) is 19.6 Å². The Bertz CT molecular complexity index is 385. The summed E-state index contributed by atoms with van der Waals surface area (Å²) in [5, 5.41) is 4.15. The maximum absolute atomic E-state index is 11.4. The molecule has 0 aliphatic carbocycles. The molecule has 0 N–H and O–H groups in total. The van der Waals surface area contributed by atoms with Gasteiger partial charge in [-0.25, -0.2) is 0 Å². The summed E-state index contributed by atoms with van der Waals surface area (Å²) in [6.07, 6.45) is 3.91. The van der Waals surface area contributed by atoms with Crippen LogP contribution in [0.2, 0.25) is 0 Å². The van der Waals surface area contributed by atoms with Gasteiger partial charge in [0.2, 0.25) is 5.91 Å². The highest BCUT2D eigenvalue weighted by Gasteiger charge is 2.20. The zero-order chi connectivity index (χ0) is 12.3. The van der Waals surface area contributed by atoms with Crippen molar-refractivity contribution < 1.29 is 4.79 Å². The van der Waals surface area contributed by atoms with E-state index in [-0.39, 0.29) is 11.8 Å².